The number of carboxylic acid groups (broad SMARTS) is 1. The molecule has 3 N–H and O–H groups in total. The average Bonchev–Trinajstić information content (AvgIpc) is 2.07. The molecule has 3 aliphatic rings. The lowest BCUT2D eigenvalue weighted by Crippen LogP contribution is -2.72. The summed E-state index contributed by atoms with van der Waals surface area (Å²) in [5.74, 6) is -0.0479. The van der Waals surface area contributed by atoms with Crippen molar-refractivity contribution in [1.82, 2.24) is 0 Å². The van der Waals surface area contributed by atoms with E-state index < -0.39 is 12.0 Å². The molecule has 0 aromatic rings. The molecule has 3 nitrogen and oxygen atoms in total. The van der Waals surface area contributed by atoms with Crippen molar-refractivity contribution >= 4 is 5.97 Å². The van der Waals surface area contributed by atoms with Crippen LogP contribution in [-0.4, -0.2) is 17.1 Å². The molecule has 3 heteroatoms. The lowest BCUT2D eigenvalue weighted by molar-refractivity contribution is -0.248. The van der Waals surface area contributed by atoms with Crippen LogP contribution in [0.15, 0.2) is 0 Å². The molecular formula is C12H21NO2. The number of rotatable bonds is 5. The summed E-state index contributed by atoms with van der Waals surface area (Å²) in [6, 6.07) is -0.631. The molecule has 1 unspecified atom stereocenters. The highest BCUT2D eigenvalue weighted by molar-refractivity contribution is 5.75. The van der Waals surface area contributed by atoms with Gasteiger partial charge in [-0.25, -0.2) is 0 Å². The fraction of sp³-hybridized carbons (Fsp3) is 0.917. The lowest BCUT2D eigenvalue weighted by Gasteiger charge is -2.75. The summed E-state index contributed by atoms with van der Waals surface area (Å²) in [7, 11) is 0. The third-order valence-corrected chi connectivity index (χ3v) is 4.89. The molecule has 3 aliphatic carbocycles. The van der Waals surface area contributed by atoms with E-state index in [0.717, 1.165) is 25.2 Å². The largest absolute Gasteiger partial charge is 0.480 e. The molecule has 0 aromatic heterocycles. The average molecular weight is 211 g/mol. The molecule has 0 aromatic carbocycles. The van der Waals surface area contributed by atoms with Crippen molar-refractivity contribution in [1.29, 1.82) is 0 Å². The molecule has 1 atom stereocenters. The van der Waals surface area contributed by atoms with Gasteiger partial charge in [0.05, 0.1) is 0 Å². The second-order valence-electron chi connectivity index (χ2n) is 5.58. The van der Waals surface area contributed by atoms with Crippen LogP contribution in [0.2, 0.25) is 0 Å². The Balaban J connectivity index is 1.97. The Morgan fingerprint density at radius 1 is 1.27 bits per heavy atom. The van der Waals surface area contributed by atoms with Crippen LogP contribution in [0.4, 0.5) is 0 Å². The highest BCUT2D eigenvalue weighted by Crippen LogP contribution is 2.77. The van der Waals surface area contributed by atoms with Gasteiger partial charge >= 0.3 is 5.97 Å². The summed E-state index contributed by atoms with van der Waals surface area (Å²) >= 11 is 0. The molecule has 15 heavy (non-hydrogen) atoms. The molecule has 2 bridgehead atoms. The zero-order valence-electron chi connectivity index (χ0n) is 9.62. The second-order valence-corrected chi connectivity index (χ2v) is 5.58. The maximum absolute atomic E-state index is 10.9. The van der Waals surface area contributed by atoms with Gasteiger partial charge < -0.3 is 10.8 Å². The van der Waals surface area contributed by atoms with Crippen LogP contribution in [0.1, 0.15) is 46.0 Å². The number of aliphatic carboxylic acids is 1. The smallest absolute Gasteiger partial charge is 0.321 e. The van der Waals surface area contributed by atoms with E-state index in [1.807, 2.05) is 0 Å². The molecule has 0 radical (unpaired) electrons. The number of carboxylic acids is 1. The Morgan fingerprint density at radius 2 is 1.73 bits per heavy atom. The number of nitrogens with two attached hydrogens (primary N) is 1. The van der Waals surface area contributed by atoms with Gasteiger partial charge in [0.1, 0.15) is 6.04 Å². The van der Waals surface area contributed by atoms with Crippen LogP contribution in [-0.2, 0) is 4.79 Å². The Labute approximate surface area is 91.0 Å². The summed E-state index contributed by atoms with van der Waals surface area (Å²) in [6.45, 7) is 4.47. The monoisotopic (exact) mass is 211 g/mol. The highest BCUT2D eigenvalue weighted by atomic mass is 16.4. The number of hydrogen-bond acceptors (Lipinski definition) is 2. The van der Waals surface area contributed by atoms with Crippen molar-refractivity contribution in [2.45, 2.75) is 52.0 Å². The minimum Gasteiger partial charge on any atom is -0.480 e. The van der Waals surface area contributed by atoms with E-state index in [9.17, 15) is 4.79 Å². The zero-order valence-corrected chi connectivity index (χ0v) is 9.62. The standard InChI is InChI=1S/C12H21NO2/c1-3-8(4-2)11-5-12(6-11,7-11)9(13)10(14)15/h8-9H,3-7,13H2,1-2H3,(H,14,15). The van der Waals surface area contributed by atoms with E-state index >= 15 is 0 Å². The molecule has 0 saturated heterocycles. The highest BCUT2D eigenvalue weighted by Gasteiger charge is 2.72. The molecular weight excluding hydrogens is 190 g/mol. The molecule has 0 aliphatic heterocycles. The first-order chi connectivity index (χ1) is 6.99. The van der Waals surface area contributed by atoms with Gasteiger partial charge in [0, 0.05) is 0 Å². The van der Waals surface area contributed by atoms with Crippen LogP contribution < -0.4 is 5.73 Å². The predicted molar refractivity (Wildman–Crippen MR) is 58.4 cm³/mol. The Hall–Kier alpha value is -0.570. The fourth-order valence-electron chi connectivity index (χ4n) is 4.13. The lowest BCUT2D eigenvalue weighted by atomic mass is 9.30. The minimum atomic E-state index is -0.826. The summed E-state index contributed by atoms with van der Waals surface area (Å²) < 4.78 is 0. The Morgan fingerprint density at radius 3 is 2.07 bits per heavy atom. The van der Waals surface area contributed by atoms with E-state index in [2.05, 4.69) is 13.8 Å². The van der Waals surface area contributed by atoms with E-state index in [0.29, 0.717) is 5.41 Å². The van der Waals surface area contributed by atoms with Gasteiger partial charge in [-0.15, -0.1) is 0 Å². The van der Waals surface area contributed by atoms with Gasteiger partial charge in [0.15, 0.2) is 0 Å². The summed E-state index contributed by atoms with van der Waals surface area (Å²) in [5.41, 5.74) is 6.17. The van der Waals surface area contributed by atoms with Gasteiger partial charge in [0.2, 0.25) is 0 Å². The Bertz CT molecular complexity index is 264. The fourth-order valence-corrected chi connectivity index (χ4v) is 4.13. The first-order valence-electron chi connectivity index (χ1n) is 5.98. The maximum atomic E-state index is 10.9. The summed E-state index contributed by atoms with van der Waals surface area (Å²) in [4.78, 5) is 10.9. The van der Waals surface area contributed by atoms with Crippen LogP contribution in [0.25, 0.3) is 0 Å². The Kier molecular flexibility index (Phi) is 2.34. The van der Waals surface area contributed by atoms with Crippen LogP contribution in [0, 0.1) is 16.7 Å². The maximum Gasteiger partial charge on any atom is 0.321 e. The minimum absolute atomic E-state index is 0.0333. The number of hydrogen-bond donors (Lipinski definition) is 2. The molecule has 3 rings (SSSR count). The topological polar surface area (TPSA) is 63.3 Å². The van der Waals surface area contributed by atoms with Crippen LogP contribution in [0.5, 0.6) is 0 Å². The first kappa shape index (κ1) is 10.9. The van der Waals surface area contributed by atoms with Crippen molar-refractivity contribution in [3.63, 3.8) is 0 Å². The van der Waals surface area contributed by atoms with Crippen molar-refractivity contribution < 1.29 is 9.90 Å². The van der Waals surface area contributed by atoms with Gasteiger partial charge in [-0.1, -0.05) is 26.7 Å². The molecule has 3 fully saturated rings. The summed E-state index contributed by atoms with van der Waals surface area (Å²) in [5, 5.41) is 8.92. The molecule has 0 amide bonds. The summed E-state index contributed by atoms with van der Waals surface area (Å²) in [6.07, 6.45) is 5.60. The first-order valence-corrected chi connectivity index (χ1v) is 5.98. The predicted octanol–water partition coefficient (Wildman–Crippen LogP) is 2.00. The van der Waals surface area contributed by atoms with Crippen molar-refractivity contribution in [2.75, 3.05) is 0 Å². The van der Waals surface area contributed by atoms with Gasteiger partial charge in [0.25, 0.3) is 0 Å². The van der Waals surface area contributed by atoms with E-state index in [4.69, 9.17) is 10.8 Å². The van der Waals surface area contributed by atoms with Crippen LogP contribution in [0.3, 0.4) is 0 Å². The normalized spacial score (nSPS) is 39.5. The third-order valence-electron chi connectivity index (χ3n) is 4.89. The van der Waals surface area contributed by atoms with Gasteiger partial charge in [-0.2, -0.15) is 0 Å². The van der Waals surface area contributed by atoms with E-state index in [1.165, 1.54) is 12.8 Å². The van der Waals surface area contributed by atoms with Crippen LogP contribution >= 0.6 is 0 Å². The van der Waals surface area contributed by atoms with Crippen molar-refractivity contribution in [2.24, 2.45) is 22.5 Å². The zero-order chi connectivity index (χ0) is 11.3. The van der Waals surface area contributed by atoms with E-state index in [1.54, 1.807) is 0 Å². The SMILES string of the molecule is CCC(CC)C12CC(C(N)C(=O)O)(C1)C2. The second kappa shape index (κ2) is 3.21. The third kappa shape index (κ3) is 1.25. The number of carbonyl (C=O) groups is 1. The van der Waals surface area contributed by atoms with Gasteiger partial charge in [-0.3, -0.25) is 4.79 Å². The molecule has 0 spiro atoms. The quantitative estimate of drug-likeness (QED) is 0.731. The molecule has 0 heterocycles. The molecule has 86 valence electrons. The van der Waals surface area contributed by atoms with Crippen molar-refractivity contribution in [3.8, 4) is 0 Å². The van der Waals surface area contributed by atoms with Crippen molar-refractivity contribution in [3.05, 3.63) is 0 Å². The molecule has 3 saturated carbocycles. The van der Waals surface area contributed by atoms with E-state index in [-0.39, 0.29) is 5.41 Å². The van der Waals surface area contributed by atoms with Gasteiger partial charge in [-0.05, 0) is 36.0 Å².